The van der Waals surface area contributed by atoms with Gasteiger partial charge in [0.2, 0.25) is 0 Å². The molecule has 0 aliphatic rings. The SMILES string of the molecule is O=C(O)C(=O)O.[Eu].[Eu].[Gd].[Gd].[Y].[Y]. The van der Waals surface area contributed by atoms with Gasteiger partial charge < -0.3 is 10.2 Å². The molecule has 0 fully saturated rings. The fourth-order valence-corrected chi connectivity index (χ4v) is 0. The van der Waals surface area contributed by atoms with Crippen LogP contribution in [-0.4, -0.2) is 22.2 Å². The van der Waals surface area contributed by atoms with Crippen LogP contribution >= 0.6 is 0 Å². The van der Waals surface area contributed by atoms with Crippen molar-refractivity contribution in [2.45, 2.75) is 0 Å². The molecule has 10 heteroatoms. The van der Waals surface area contributed by atoms with Gasteiger partial charge in [0.05, 0.1) is 0 Å². The molecule has 0 aromatic heterocycles. The number of carboxylic acids is 2. The molecule has 0 rings (SSSR count). The molecule has 4 radical (unpaired) electrons. The van der Waals surface area contributed by atoms with Crippen molar-refractivity contribution in [1.82, 2.24) is 0 Å². The van der Waals surface area contributed by atoms with Gasteiger partial charge in [0, 0.05) is 244 Å². The van der Waals surface area contributed by atoms with Gasteiger partial charge in [0.1, 0.15) is 0 Å². The van der Waals surface area contributed by atoms with Crippen LogP contribution in [0.15, 0.2) is 0 Å². The van der Waals surface area contributed by atoms with Gasteiger partial charge in [-0.1, -0.05) is 0 Å². The Bertz CT molecular complexity index is 93.1. The second kappa shape index (κ2) is 30.8. The van der Waals surface area contributed by atoms with Gasteiger partial charge in [-0.25, -0.2) is 9.59 Å². The molecular formula is C2H2Eu2Gd2O4Y2. The molecular weight excluding hydrogens is 884 g/mol. The third-order valence-corrected chi connectivity index (χ3v) is 0.183. The quantitative estimate of drug-likeness (QED) is 0.312. The first-order valence-corrected chi connectivity index (χ1v) is 1.11. The fraction of sp³-hybridized carbons (Fsp3) is 0. The zero-order valence-corrected chi connectivity index (χ0v) is 20.4. The zero-order chi connectivity index (χ0) is 5.15. The molecule has 0 aliphatic carbocycles. The van der Waals surface area contributed by atoms with E-state index in [4.69, 9.17) is 19.8 Å². The molecule has 0 aromatic carbocycles. The maximum absolute atomic E-state index is 9.10. The molecule has 0 aliphatic heterocycles. The van der Waals surface area contributed by atoms with Gasteiger partial charge in [-0.05, 0) is 0 Å². The van der Waals surface area contributed by atoms with Crippen molar-refractivity contribution in [3.63, 3.8) is 0 Å². The predicted molar refractivity (Wildman–Crippen MR) is 15.3 cm³/mol. The van der Waals surface area contributed by atoms with Crippen molar-refractivity contribution in [2.24, 2.45) is 0 Å². The molecule has 0 atom stereocenters. The summed E-state index contributed by atoms with van der Waals surface area (Å²) in [7, 11) is 0. The van der Waals surface area contributed by atoms with E-state index in [0.29, 0.717) is 0 Å². The summed E-state index contributed by atoms with van der Waals surface area (Å²) in [5.74, 6) is -3.65. The molecule has 0 bridgehead atoms. The summed E-state index contributed by atoms with van der Waals surface area (Å²) in [6.45, 7) is 0. The summed E-state index contributed by atoms with van der Waals surface area (Å²) >= 11 is 0. The minimum atomic E-state index is -1.82. The maximum atomic E-state index is 9.10. The van der Waals surface area contributed by atoms with Crippen LogP contribution < -0.4 is 0 Å². The summed E-state index contributed by atoms with van der Waals surface area (Å²) in [6.07, 6.45) is 0. The minimum absolute atomic E-state index is 0. The van der Waals surface area contributed by atoms with Gasteiger partial charge in [-0.2, -0.15) is 0 Å². The van der Waals surface area contributed by atoms with Crippen molar-refractivity contribution in [3.05, 3.63) is 0 Å². The Hall–Kier alpha value is 6.97. The first-order chi connectivity index (χ1) is 2.64. The summed E-state index contributed by atoms with van der Waals surface area (Å²) in [6, 6.07) is 0. The number of hydrogen-bond donors (Lipinski definition) is 2. The first kappa shape index (κ1) is 42.8. The van der Waals surface area contributed by atoms with Gasteiger partial charge in [-0.3, -0.25) is 0 Å². The molecule has 0 aromatic rings. The van der Waals surface area contributed by atoms with Crippen LogP contribution in [0.25, 0.3) is 0 Å². The third-order valence-electron chi connectivity index (χ3n) is 0.183. The van der Waals surface area contributed by atoms with Gasteiger partial charge in [0.25, 0.3) is 0 Å². The van der Waals surface area contributed by atoms with Crippen molar-refractivity contribution in [3.8, 4) is 0 Å². The number of hydrogen-bond acceptors (Lipinski definition) is 2. The van der Waals surface area contributed by atoms with Crippen molar-refractivity contribution in [1.29, 1.82) is 0 Å². The van der Waals surface area contributed by atoms with E-state index in [1.54, 1.807) is 0 Å². The number of carbonyl (C=O) groups is 2. The first-order valence-electron chi connectivity index (χ1n) is 1.11. The van der Waals surface area contributed by atoms with Crippen LogP contribution in [0.5, 0.6) is 0 Å². The Morgan fingerprint density at radius 3 is 0.833 bits per heavy atom. The van der Waals surface area contributed by atoms with Crippen LogP contribution in [0, 0.1) is 179 Å². The average Bonchev–Trinajstić information content (AvgIpc) is 1.36. The second-order valence-corrected chi connectivity index (χ2v) is 0.610. The van der Waals surface area contributed by atoms with E-state index < -0.39 is 11.9 Å². The van der Waals surface area contributed by atoms with E-state index in [1.165, 1.54) is 0 Å². The van der Waals surface area contributed by atoms with Gasteiger partial charge in [0.15, 0.2) is 0 Å². The minimum Gasteiger partial charge on any atom is -0.473 e. The molecule has 4 nitrogen and oxygen atoms in total. The number of aliphatic carboxylic acids is 2. The van der Waals surface area contributed by atoms with Crippen LogP contribution in [0.1, 0.15) is 0 Å². The van der Waals surface area contributed by atoms with Crippen LogP contribution in [0.4, 0.5) is 0 Å². The Labute approximate surface area is 266 Å². The fourth-order valence-electron chi connectivity index (χ4n) is 0. The van der Waals surface area contributed by atoms with E-state index in [2.05, 4.69) is 0 Å². The molecule has 0 saturated heterocycles. The normalized spacial score (nSPS) is 3.67. The smallest absolute Gasteiger partial charge is 0.414 e. The zero-order valence-electron chi connectivity index (χ0n) is 5.33. The van der Waals surface area contributed by atoms with E-state index in [-0.39, 0.29) is 244 Å². The topological polar surface area (TPSA) is 74.6 Å². The summed E-state index contributed by atoms with van der Waals surface area (Å²) in [5, 5.41) is 14.8. The summed E-state index contributed by atoms with van der Waals surface area (Å²) in [5.41, 5.74) is 0. The standard InChI is InChI=1S/C2H2O4.2Eu.2Gd.2Y/c3-1(4)2(5)6;;;;;;/h(H,3,4)(H,5,6);;;;;;. The largest absolute Gasteiger partial charge is 0.473 e. The maximum Gasteiger partial charge on any atom is 0.414 e. The molecule has 2 N–H and O–H groups in total. The Kier molecular flexibility index (Phi) is 110. The van der Waals surface area contributed by atoms with Crippen LogP contribution in [-0.2, 0) is 75.0 Å². The van der Waals surface area contributed by atoms with Crippen molar-refractivity contribution in [2.75, 3.05) is 0 Å². The van der Waals surface area contributed by atoms with E-state index in [9.17, 15) is 0 Å². The molecule has 0 amide bonds. The van der Waals surface area contributed by atoms with E-state index in [1.807, 2.05) is 0 Å². The number of rotatable bonds is 0. The van der Waals surface area contributed by atoms with Gasteiger partial charge >= 0.3 is 11.9 Å². The Morgan fingerprint density at radius 2 is 0.833 bits per heavy atom. The molecule has 0 unspecified atom stereocenters. The van der Waals surface area contributed by atoms with Crippen LogP contribution in [0.3, 0.4) is 0 Å². The molecule has 0 saturated carbocycles. The average molecular weight is 886 g/mol. The Morgan fingerprint density at radius 1 is 0.750 bits per heavy atom. The third kappa shape index (κ3) is 36.0. The molecule has 0 spiro atoms. The molecule has 0 heterocycles. The second-order valence-electron chi connectivity index (χ2n) is 0.610. The van der Waals surface area contributed by atoms with Crippen molar-refractivity contribution < 1.29 is 264 Å². The Balaban J connectivity index is -0.00000000833. The molecule has 12 heavy (non-hydrogen) atoms. The monoisotopic (exact) mass is 889 g/mol. The number of carboxylic acid groups (broad SMARTS) is 2. The molecule has 70 valence electrons. The van der Waals surface area contributed by atoms with Crippen molar-refractivity contribution >= 4 is 11.9 Å². The summed E-state index contributed by atoms with van der Waals surface area (Å²) in [4.78, 5) is 18.2. The van der Waals surface area contributed by atoms with E-state index >= 15 is 0 Å². The van der Waals surface area contributed by atoms with Crippen LogP contribution in [0.2, 0.25) is 0 Å². The van der Waals surface area contributed by atoms with Gasteiger partial charge in [-0.15, -0.1) is 0 Å². The van der Waals surface area contributed by atoms with E-state index in [0.717, 1.165) is 0 Å². The summed E-state index contributed by atoms with van der Waals surface area (Å²) < 4.78 is 0. The predicted octanol–water partition coefficient (Wildman–Crippen LogP) is -0.849.